The number of aromatic nitrogens is 4. The number of carbonyl (C=O) groups excluding carboxylic acids is 1. The van der Waals surface area contributed by atoms with E-state index >= 15 is 0 Å². The first-order valence-corrected chi connectivity index (χ1v) is 8.52. The van der Waals surface area contributed by atoms with Gasteiger partial charge in [0.05, 0.1) is 11.8 Å². The van der Waals surface area contributed by atoms with Crippen LogP contribution in [-0.4, -0.2) is 50.5 Å². The maximum Gasteiger partial charge on any atom is 0.233 e. The van der Waals surface area contributed by atoms with Gasteiger partial charge in [0, 0.05) is 19.1 Å². The minimum Gasteiger partial charge on any atom is -0.355 e. The molecule has 1 aliphatic carbocycles. The van der Waals surface area contributed by atoms with E-state index in [-0.39, 0.29) is 11.2 Å². The van der Waals surface area contributed by atoms with Gasteiger partial charge in [0.25, 0.3) is 0 Å². The summed E-state index contributed by atoms with van der Waals surface area (Å²) >= 11 is 1.40. The lowest BCUT2D eigenvalue weighted by Crippen LogP contribution is -2.32. The Kier molecular flexibility index (Phi) is 6.44. The van der Waals surface area contributed by atoms with Crippen molar-refractivity contribution in [3.8, 4) is 0 Å². The zero-order chi connectivity index (χ0) is 15.1. The van der Waals surface area contributed by atoms with Gasteiger partial charge in [-0.2, -0.15) is 0 Å². The first kappa shape index (κ1) is 16.2. The maximum absolute atomic E-state index is 11.9. The van der Waals surface area contributed by atoms with Crippen LogP contribution in [0.2, 0.25) is 0 Å². The van der Waals surface area contributed by atoms with Crippen LogP contribution < -0.4 is 10.6 Å². The molecular weight excluding hydrogens is 288 g/mol. The zero-order valence-corrected chi connectivity index (χ0v) is 13.5. The van der Waals surface area contributed by atoms with E-state index in [2.05, 4.69) is 33.1 Å². The van der Waals surface area contributed by atoms with Gasteiger partial charge in [-0.05, 0) is 36.6 Å². The summed E-state index contributed by atoms with van der Waals surface area (Å²) in [4.78, 5) is 11.9. The Labute approximate surface area is 129 Å². The molecule has 1 heterocycles. The third-order valence-corrected chi connectivity index (χ3v) is 4.38. The van der Waals surface area contributed by atoms with Crippen LogP contribution in [0, 0.1) is 0 Å². The van der Waals surface area contributed by atoms with E-state index < -0.39 is 0 Å². The number of hydrogen-bond donors (Lipinski definition) is 2. The lowest BCUT2D eigenvalue weighted by atomic mass is 10.3. The van der Waals surface area contributed by atoms with Gasteiger partial charge in [0.1, 0.15) is 0 Å². The lowest BCUT2D eigenvalue weighted by Gasteiger charge is -2.11. The molecule has 1 saturated carbocycles. The van der Waals surface area contributed by atoms with Crippen LogP contribution in [0.5, 0.6) is 0 Å². The molecule has 1 aromatic heterocycles. The molecule has 1 atom stereocenters. The fourth-order valence-electron chi connectivity index (χ4n) is 1.83. The average Bonchev–Trinajstić information content (AvgIpc) is 3.19. The minimum absolute atomic E-state index is 0.0408. The lowest BCUT2D eigenvalue weighted by molar-refractivity contribution is -0.120. The summed E-state index contributed by atoms with van der Waals surface area (Å²) in [6.45, 7) is 6.31. The van der Waals surface area contributed by atoms with E-state index in [4.69, 9.17) is 0 Å². The highest BCUT2D eigenvalue weighted by Gasteiger charge is 2.21. The Morgan fingerprint density at radius 2 is 2.29 bits per heavy atom. The molecule has 118 valence electrons. The fourth-order valence-corrected chi connectivity index (χ4v) is 2.67. The molecule has 1 aliphatic rings. The normalized spacial score (nSPS) is 15.9. The number of unbranched alkanes of at least 4 members (excludes halogenated alkanes) is 1. The predicted molar refractivity (Wildman–Crippen MR) is 82.1 cm³/mol. The standard InChI is InChI=1S/C13H24N6OS/c1-3-4-7-15-12(20)10(2)21-13-16-17-18-19(13)9-8-14-11-5-6-11/h10-11,14H,3-9H2,1-2H3,(H,15,20). The monoisotopic (exact) mass is 312 g/mol. The van der Waals surface area contributed by atoms with Crippen LogP contribution in [0.3, 0.4) is 0 Å². The van der Waals surface area contributed by atoms with Crippen LogP contribution in [0.25, 0.3) is 0 Å². The van der Waals surface area contributed by atoms with Gasteiger partial charge >= 0.3 is 0 Å². The Morgan fingerprint density at radius 3 is 3.00 bits per heavy atom. The molecule has 1 aromatic rings. The number of amides is 1. The second-order valence-corrected chi connectivity index (χ2v) is 6.63. The maximum atomic E-state index is 11.9. The quantitative estimate of drug-likeness (QED) is 0.491. The Balaban J connectivity index is 1.75. The molecule has 8 heteroatoms. The number of thioether (sulfide) groups is 1. The van der Waals surface area contributed by atoms with Crippen LogP contribution >= 0.6 is 11.8 Å². The van der Waals surface area contributed by atoms with Gasteiger partial charge in [0.2, 0.25) is 11.1 Å². The molecule has 1 fully saturated rings. The van der Waals surface area contributed by atoms with Crippen molar-refractivity contribution < 1.29 is 4.79 Å². The van der Waals surface area contributed by atoms with Gasteiger partial charge in [-0.25, -0.2) is 4.68 Å². The highest BCUT2D eigenvalue weighted by molar-refractivity contribution is 8.00. The summed E-state index contributed by atoms with van der Waals surface area (Å²) in [6.07, 6.45) is 4.63. The topological polar surface area (TPSA) is 84.7 Å². The second-order valence-electron chi connectivity index (χ2n) is 5.32. The molecule has 0 aliphatic heterocycles. The Hall–Kier alpha value is -1.15. The number of rotatable bonds is 10. The van der Waals surface area contributed by atoms with Crippen LogP contribution in [0.1, 0.15) is 39.5 Å². The van der Waals surface area contributed by atoms with E-state index in [1.165, 1.54) is 24.6 Å². The van der Waals surface area contributed by atoms with Crippen molar-refractivity contribution >= 4 is 17.7 Å². The summed E-state index contributed by atoms with van der Waals surface area (Å²) in [5, 5.41) is 18.6. The first-order valence-electron chi connectivity index (χ1n) is 7.64. The largest absolute Gasteiger partial charge is 0.355 e. The molecule has 0 radical (unpaired) electrons. The van der Waals surface area contributed by atoms with Crippen LogP contribution in [0.15, 0.2) is 5.16 Å². The van der Waals surface area contributed by atoms with Crippen molar-refractivity contribution in [2.24, 2.45) is 0 Å². The third-order valence-electron chi connectivity index (χ3n) is 3.31. The van der Waals surface area contributed by atoms with Crippen molar-refractivity contribution in [2.75, 3.05) is 13.1 Å². The average molecular weight is 312 g/mol. The fraction of sp³-hybridized carbons (Fsp3) is 0.846. The van der Waals surface area contributed by atoms with Crippen molar-refractivity contribution in [3.63, 3.8) is 0 Å². The van der Waals surface area contributed by atoms with Gasteiger partial charge < -0.3 is 10.6 Å². The Bertz CT molecular complexity index is 448. The van der Waals surface area contributed by atoms with Crippen molar-refractivity contribution in [3.05, 3.63) is 0 Å². The summed E-state index contributed by atoms with van der Waals surface area (Å²) in [5.74, 6) is 0.0408. The third kappa shape index (κ3) is 5.62. The van der Waals surface area contributed by atoms with Gasteiger partial charge in [-0.3, -0.25) is 4.79 Å². The van der Waals surface area contributed by atoms with Crippen molar-refractivity contribution in [1.82, 2.24) is 30.8 Å². The second kappa shape index (κ2) is 8.33. The number of nitrogens with one attached hydrogen (secondary N) is 2. The Morgan fingerprint density at radius 1 is 1.48 bits per heavy atom. The number of nitrogens with zero attached hydrogens (tertiary/aromatic N) is 4. The molecule has 21 heavy (non-hydrogen) atoms. The van der Waals surface area contributed by atoms with Crippen molar-refractivity contribution in [1.29, 1.82) is 0 Å². The summed E-state index contributed by atoms with van der Waals surface area (Å²) < 4.78 is 1.76. The van der Waals surface area contributed by atoms with Gasteiger partial charge in [-0.1, -0.05) is 25.1 Å². The molecule has 2 rings (SSSR count). The zero-order valence-electron chi connectivity index (χ0n) is 12.7. The molecule has 0 bridgehead atoms. The highest BCUT2D eigenvalue weighted by atomic mass is 32.2. The summed E-state index contributed by atoms with van der Waals surface area (Å²) in [7, 11) is 0. The van der Waals surface area contributed by atoms with Crippen molar-refractivity contribution in [2.45, 2.75) is 62.5 Å². The van der Waals surface area contributed by atoms with Gasteiger partial charge in [0.15, 0.2) is 0 Å². The van der Waals surface area contributed by atoms with E-state index in [0.29, 0.717) is 11.2 Å². The summed E-state index contributed by atoms with van der Waals surface area (Å²) in [6, 6.07) is 0.681. The number of hydrogen-bond acceptors (Lipinski definition) is 6. The molecule has 1 amide bonds. The minimum atomic E-state index is -0.192. The SMILES string of the molecule is CCCCNC(=O)C(C)Sc1nnnn1CCNC1CC1. The molecule has 0 saturated heterocycles. The van der Waals surface area contributed by atoms with E-state index in [9.17, 15) is 4.79 Å². The molecular formula is C13H24N6OS. The van der Waals surface area contributed by atoms with Crippen LogP contribution in [-0.2, 0) is 11.3 Å². The first-order chi connectivity index (χ1) is 10.2. The molecule has 1 unspecified atom stereocenters. The molecule has 7 nitrogen and oxygen atoms in total. The van der Waals surface area contributed by atoms with E-state index in [1.807, 2.05) is 6.92 Å². The predicted octanol–water partition coefficient (Wildman–Crippen LogP) is 0.822. The summed E-state index contributed by atoms with van der Waals surface area (Å²) in [5.41, 5.74) is 0. The molecule has 0 aromatic carbocycles. The highest BCUT2D eigenvalue weighted by Crippen LogP contribution is 2.20. The molecule has 0 spiro atoms. The smallest absolute Gasteiger partial charge is 0.233 e. The van der Waals surface area contributed by atoms with E-state index in [1.54, 1.807) is 4.68 Å². The van der Waals surface area contributed by atoms with E-state index in [0.717, 1.165) is 32.5 Å². The number of carbonyl (C=O) groups is 1. The van der Waals surface area contributed by atoms with Crippen LogP contribution in [0.4, 0.5) is 0 Å². The van der Waals surface area contributed by atoms with Gasteiger partial charge in [-0.15, -0.1) is 5.10 Å². The number of tetrazole rings is 1. The molecule has 2 N–H and O–H groups in total.